The van der Waals surface area contributed by atoms with Crippen molar-refractivity contribution in [2.45, 2.75) is 25.9 Å². The molecular weight excluding hydrogens is 300 g/mol. The Bertz CT molecular complexity index is 417. The van der Waals surface area contributed by atoms with Crippen LogP contribution in [-0.4, -0.2) is 55.4 Å². The second kappa shape index (κ2) is 9.36. The van der Waals surface area contributed by atoms with Crippen molar-refractivity contribution in [2.75, 3.05) is 39.3 Å². The van der Waals surface area contributed by atoms with Gasteiger partial charge in [0.05, 0.1) is 6.10 Å². The first kappa shape index (κ1) is 17.5. The molecule has 1 saturated heterocycles. The summed E-state index contributed by atoms with van der Waals surface area (Å²) in [5.41, 5.74) is 0. The van der Waals surface area contributed by atoms with Crippen molar-refractivity contribution in [1.29, 1.82) is 0 Å². The third-order valence-electron chi connectivity index (χ3n) is 4.02. The van der Waals surface area contributed by atoms with Gasteiger partial charge in [-0.25, -0.2) is 0 Å². The molecule has 0 aliphatic carbocycles. The summed E-state index contributed by atoms with van der Waals surface area (Å²) in [6.07, 6.45) is 2.19. The van der Waals surface area contributed by atoms with E-state index in [4.69, 9.17) is 16.3 Å². The fourth-order valence-electron chi connectivity index (χ4n) is 2.82. The second-order valence-corrected chi connectivity index (χ2v) is 6.54. The van der Waals surface area contributed by atoms with Crippen LogP contribution in [0.4, 0.5) is 0 Å². The number of likely N-dealkylation sites (tertiary alicyclic amines) is 1. The zero-order chi connectivity index (χ0) is 15.8. The first-order valence-corrected chi connectivity index (χ1v) is 8.51. The van der Waals surface area contributed by atoms with Crippen molar-refractivity contribution < 1.29 is 9.84 Å². The Morgan fingerprint density at radius 3 is 2.64 bits per heavy atom. The van der Waals surface area contributed by atoms with Gasteiger partial charge in [-0.3, -0.25) is 0 Å². The summed E-state index contributed by atoms with van der Waals surface area (Å²) in [6.45, 7) is 7.42. The summed E-state index contributed by atoms with van der Waals surface area (Å²) < 4.78 is 5.65. The van der Waals surface area contributed by atoms with Crippen LogP contribution in [0.25, 0.3) is 0 Å². The van der Waals surface area contributed by atoms with Crippen molar-refractivity contribution in [3.8, 4) is 5.75 Å². The molecule has 0 bridgehead atoms. The van der Waals surface area contributed by atoms with Crippen molar-refractivity contribution in [3.05, 3.63) is 29.3 Å². The minimum absolute atomic E-state index is 0.223. The number of aliphatic hydroxyl groups is 1. The van der Waals surface area contributed by atoms with Gasteiger partial charge < -0.3 is 20.1 Å². The zero-order valence-corrected chi connectivity index (χ0v) is 14.1. The van der Waals surface area contributed by atoms with E-state index in [0.717, 1.165) is 49.4 Å². The van der Waals surface area contributed by atoms with Crippen LogP contribution in [0.3, 0.4) is 0 Å². The highest BCUT2D eigenvalue weighted by atomic mass is 35.5. The third-order valence-corrected chi connectivity index (χ3v) is 4.28. The maximum absolute atomic E-state index is 9.40. The number of hydrogen-bond acceptors (Lipinski definition) is 4. The predicted octanol–water partition coefficient (Wildman–Crippen LogP) is 2.40. The number of benzene rings is 1. The summed E-state index contributed by atoms with van der Waals surface area (Å²) in [5, 5.41) is 13.6. The molecule has 1 aliphatic rings. The van der Waals surface area contributed by atoms with E-state index in [9.17, 15) is 5.11 Å². The molecule has 1 atom stereocenters. The van der Waals surface area contributed by atoms with Gasteiger partial charge in [0, 0.05) is 18.1 Å². The second-order valence-electron chi connectivity index (χ2n) is 6.10. The lowest BCUT2D eigenvalue weighted by Gasteiger charge is -2.32. The molecule has 1 heterocycles. The summed E-state index contributed by atoms with van der Waals surface area (Å²) >= 11 is 5.83. The minimum atomic E-state index is -0.223. The molecule has 0 saturated carbocycles. The van der Waals surface area contributed by atoms with Crippen molar-refractivity contribution in [3.63, 3.8) is 0 Å². The molecule has 0 spiro atoms. The first-order valence-electron chi connectivity index (χ1n) is 8.13. The molecule has 124 valence electrons. The van der Waals surface area contributed by atoms with Gasteiger partial charge in [0.2, 0.25) is 0 Å². The maximum Gasteiger partial charge on any atom is 0.119 e. The molecule has 22 heavy (non-hydrogen) atoms. The van der Waals surface area contributed by atoms with Crippen LogP contribution >= 0.6 is 11.6 Å². The lowest BCUT2D eigenvalue weighted by molar-refractivity contribution is 0.0996. The van der Waals surface area contributed by atoms with Crippen LogP contribution < -0.4 is 10.1 Å². The van der Waals surface area contributed by atoms with Crippen molar-refractivity contribution in [1.82, 2.24) is 10.2 Å². The Hall–Kier alpha value is -0.810. The number of β-amino-alcohol motifs (C(OH)–C–C–N with tert-alkyl or cyclic N) is 1. The van der Waals surface area contributed by atoms with Crippen LogP contribution in [0.1, 0.15) is 19.8 Å². The lowest BCUT2D eigenvalue weighted by Crippen LogP contribution is -2.40. The molecule has 5 heteroatoms. The van der Waals surface area contributed by atoms with Crippen LogP contribution in [0, 0.1) is 5.92 Å². The summed E-state index contributed by atoms with van der Waals surface area (Å²) in [5.74, 6) is 1.60. The molecule has 1 aliphatic heterocycles. The van der Waals surface area contributed by atoms with Crippen molar-refractivity contribution >= 4 is 11.6 Å². The Labute approximate surface area is 138 Å². The van der Waals surface area contributed by atoms with E-state index in [-0.39, 0.29) is 6.10 Å². The summed E-state index contributed by atoms with van der Waals surface area (Å²) in [7, 11) is 0. The molecule has 1 aromatic rings. The average Bonchev–Trinajstić information content (AvgIpc) is 2.50. The quantitative estimate of drug-likeness (QED) is 0.720. The molecule has 0 unspecified atom stereocenters. The number of nitrogens with zero attached hydrogens (tertiary/aromatic N) is 1. The standard InChI is InChI=1S/C17H27ClN2O2/c1-14(21)13-20-9-6-15(7-10-20)12-19-8-11-22-17-4-2-16(18)3-5-17/h2-5,14-15,19,21H,6-13H2,1H3/t14-/m0/s1. The fourth-order valence-corrected chi connectivity index (χ4v) is 2.95. The molecular formula is C17H27ClN2O2. The normalized spacial score (nSPS) is 18.3. The third kappa shape index (κ3) is 6.53. The molecule has 1 aromatic carbocycles. The molecule has 1 fully saturated rings. The summed E-state index contributed by atoms with van der Waals surface area (Å²) in [4.78, 5) is 2.35. The van der Waals surface area contributed by atoms with Crippen LogP contribution in [0.15, 0.2) is 24.3 Å². The number of aliphatic hydroxyl groups excluding tert-OH is 1. The van der Waals surface area contributed by atoms with E-state index in [1.807, 2.05) is 31.2 Å². The molecule has 0 aromatic heterocycles. The van der Waals surface area contributed by atoms with Gasteiger partial charge in [0.15, 0.2) is 0 Å². The van der Waals surface area contributed by atoms with E-state index in [1.54, 1.807) is 0 Å². The van der Waals surface area contributed by atoms with Gasteiger partial charge in [0.25, 0.3) is 0 Å². The van der Waals surface area contributed by atoms with Crippen molar-refractivity contribution in [2.24, 2.45) is 5.92 Å². The Balaban J connectivity index is 1.52. The molecule has 2 N–H and O–H groups in total. The number of nitrogens with one attached hydrogen (secondary N) is 1. The minimum Gasteiger partial charge on any atom is -0.492 e. The van der Waals surface area contributed by atoms with Gasteiger partial charge in [-0.05, 0) is 69.6 Å². The van der Waals surface area contributed by atoms with Gasteiger partial charge in [-0.2, -0.15) is 0 Å². The molecule has 2 rings (SSSR count). The smallest absolute Gasteiger partial charge is 0.119 e. The highest BCUT2D eigenvalue weighted by molar-refractivity contribution is 6.30. The van der Waals surface area contributed by atoms with Gasteiger partial charge in [-0.15, -0.1) is 0 Å². The van der Waals surface area contributed by atoms with Gasteiger partial charge >= 0.3 is 0 Å². The average molecular weight is 327 g/mol. The van der Waals surface area contributed by atoms with Crippen LogP contribution in [0.2, 0.25) is 5.02 Å². The predicted molar refractivity (Wildman–Crippen MR) is 90.7 cm³/mol. The fraction of sp³-hybridized carbons (Fsp3) is 0.647. The van der Waals surface area contributed by atoms with E-state index in [1.165, 1.54) is 12.8 Å². The number of halogens is 1. The van der Waals surface area contributed by atoms with E-state index in [2.05, 4.69) is 10.2 Å². The van der Waals surface area contributed by atoms with Gasteiger partial charge in [0.1, 0.15) is 12.4 Å². The maximum atomic E-state index is 9.40. The zero-order valence-electron chi connectivity index (χ0n) is 13.3. The molecule has 4 nitrogen and oxygen atoms in total. The summed E-state index contributed by atoms with van der Waals surface area (Å²) in [6, 6.07) is 7.46. The number of hydrogen-bond donors (Lipinski definition) is 2. The van der Waals surface area contributed by atoms with Gasteiger partial charge in [-0.1, -0.05) is 11.6 Å². The number of ether oxygens (including phenoxy) is 1. The van der Waals surface area contributed by atoms with E-state index < -0.39 is 0 Å². The highest BCUT2D eigenvalue weighted by Crippen LogP contribution is 2.17. The van der Waals surface area contributed by atoms with E-state index >= 15 is 0 Å². The molecule has 0 radical (unpaired) electrons. The van der Waals surface area contributed by atoms with Crippen LogP contribution in [0.5, 0.6) is 5.75 Å². The number of piperidine rings is 1. The highest BCUT2D eigenvalue weighted by Gasteiger charge is 2.19. The largest absolute Gasteiger partial charge is 0.492 e. The Kier molecular flexibility index (Phi) is 7.46. The van der Waals surface area contributed by atoms with E-state index in [0.29, 0.717) is 6.61 Å². The SMILES string of the molecule is C[C@H](O)CN1CCC(CNCCOc2ccc(Cl)cc2)CC1. The van der Waals surface area contributed by atoms with Crippen LogP contribution in [-0.2, 0) is 0 Å². The Morgan fingerprint density at radius 1 is 1.32 bits per heavy atom. The topological polar surface area (TPSA) is 44.7 Å². The first-order chi connectivity index (χ1) is 10.6. The monoisotopic (exact) mass is 326 g/mol. The number of rotatable bonds is 8. The lowest BCUT2D eigenvalue weighted by atomic mass is 9.96. The Morgan fingerprint density at radius 2 is 2.00 bits per heavy atom. The molecule has 0 amide bonds.